The average molecular weight is 506 g/mol. The molecule has 0 aromatic carbocycles. The predicted octanol–water partition coefficient (Wildman–Crippen LogP) is 6.99. The van der Waals surface area contributed by atoms with E-state index in [9.17, 15) is 0 Å². The van der Waals surface area contributed by atoms with Gasteiger partial charge in [0.05, 0.1) is 0 Å². The van der Waals surface area contributed by atoms with Gasteiger partial charge in [0.15, 0.2) is 0 Å². The molecule has 0 aliphatic rings. The third-order valence-electron chi connectivity index (χ3n) is 5.24. The Labute approximate surface area is 145 Å². The van der Waals surface area contributed by atoms with Crippen LogP contribution in [0.15, 0.2) is 12.7 Å². The van der Waals surface area contributed by atoms with Crippen LogP contribution in [0.25, 0.3) is 0 Å². The maximum atomic E-state index is 6.48. The Morgan fingerprint density at radius 1 is 0.909 bits per heavy atom. The SMILES string of the molecule is C=CCO[CH](C(C)CC)[Pb]([CH2]CCC)([CH2]CCC)[CH2]CCC. The third-order valence-corrected chi connectivity index (χ3v) is 28.5. The Balaban J connectivity index is 5.37. The fourth-order valence-electron chi connectivity index (χ4n) is 3.72. The number of hydrogen-bond acceptors (Lipinski definition) is 1. The van der Waals surface area contributed by atoms with Crippen molar-refractivity contribution in [2.45, 2.75) is 95.2 Å². The number of ether oxygens (including phenoxy) is 1. The first-order chi connectivity index (χ1) is 10.6. The summed E-state index contributed by atoms with van der Waals surface area (Å²) >= 11 is -2.43. The van der Waals surface area contributed by atoms with Gasteiger partial charge in [-0.25, -0.2) is 0 Å². The van der Waals surface area contributed by atoms with E-state index in [1.807, 2.05) is 6.08 Å². The minimum absolute atomic E-state index is 0.611. The number of rotatable bonds is 15. The fraction of sp³-hybridized carbons (Fsp3) is 0.900. The molecule has 2 atom stereocenters. The topological polar surface area (TPSA) is 9.23 Å². The summed E-state index contributed by atoms with van der Waals surface area (Å²) in [5.74, 6) is 0.729. The van der Waals surface area contributed by atoms with Crippen molar-refractivity contribution in [1.29, 1.82) is 0 Å². The van der Waals surface area contributed by atoms with Crippen LogP contribution in [0, 0.1) is 5.92 Å². The van der Waals surface area contributed by atoms with Gasteiger partial charge < -0.3 is 0 Å². The van der Waals surface area contributed by atoms with Crippen LogP contribution in [0.5, 0.6) is 0 Å². The molecule has 0 rings (SSSR count). The molecule has 0 fully saturated rings. The van der Waals surface area contributed by atoms with Crippen LogP contribution in [-0.4, -0.2) is 31.4 Å². The molecule has 0 bridgehead atoms. The fourth-order valence-corrected chi connectivity index (χ4v) is 29.6. The van der Waals surface area contributed by atoms with Crippen LogP contribution >= 0.6 is 0 Å². The van der Waals surface area contributed by atoms with Gasteiger partial charge in [0.1, 0.15) is 0 Å². The number of hydrogen-bond donors (Lipinski definition) is 0. The predicted molar refractivity (Wildman–Crippen MR) is 104 cm³/mol. The second-order valence-electron chi connectivity index (χ2n) is 7.10. The molecule has 0 saturated carbocycles. The van der Waals surface area contributed by atoms with E-state index in [0.717, 1.165) is 12.5 Å². The Bertz CT molecular complexity index is 243. The summed E-state index contributed by atoms with van der Waals surface area (Å²) in [4.78, 5) is 0. The quantitative estimate of drug-likeness (QED) is 0.172. The Hall–Kier alpha value is 0.622. The zero-order valence-corrected chi connectivity index (χ0v) is 20.0. The van der Waals surface area contributed by atoms with E-state index in [1.54, 1.807) is 11.9 Å². The van der Waals surface area contributed by atoms with E-state index < -0.39 is 21.2 Å². The zero-order chi connectivity index (χ0) is 16.8. The van der Waals surface area contributed by atoms with Crippen LogP contribution in [0.1, 0.15) is 79.6 Å². The normalized spacial score (nSPS) is 14.8. The second-order valence-corrected chi connectivity index (χ2v) is 25.7. The second kappa shape index (κ2) is 14.0. The van der Waals surface area contributed by atoms with E-state index in [0.29, 0.717) is 3.66 Å². The van der Waals surface area contributed by atoms with Crippen LogP contribution in [-0.2, 0) is 4.74 Å². The first kappa shape index (κ1) is 22.6. The molecule has 1 nitrogen and oxygen atoms in total. The van der Waals surface area contributed by atoms with Crippen LogP contribution in [0.4, 0.5) is 0 Å². The van der Waals surface area contributed by atoms with Crippen molar-refractivity contribution in [3.63, 3.8) is 0 Å². The summed E-state index contributed by atoms with van der Waals surface area (Å²) in [5.41, 5.74) is 0. The standard InChI is InChI=1S/C8H15O.3C4H9.Pb/c1-4-6-9-7-8(3)5-2;3*1-3-4-2;/h4,7-8H,1,5-6H2,2-3H3;3*1,3-4H2,2H3;. The van der Waals surface area contributed by atoms with E-state index in [4.69, 9.17) is 4.74 Å². The summed E-state index contributed by atoms with van der Waals surface area (Å²) in [5, 5.41) is 0. The summed E-state index contributed by atoms with van der Waals surface area (Å²) in [7, 11) is 0. The van der Waals surface area contributed by atoms with E-state index in [-0.39, 0.29) is 0 Å². The van der Waals surface area contributed by atoms with Gasteiger partial charge in [-0.1, -0.05) is 0 Å². The van der Waals surface area contributed by atoms with Crippen molar-refractivity contribution in [3.8, 4) is 0 Å². The van der Waals surface area contributed by atoms with Gasteiger partial charge in [0.2, 0.25) is 0 Å². The summed E-state index contributed by atoms with van der Waals surface area (Å²) in [6, 6.07) is 0. The minimum atomic E-state index is -2.43. The van der Waals surface area contributed by atoms with Crippen molar-refractivity contribution < 1.29 is 4.74 Å². The molecular weight excluding hydrogens is 463 g/mol. The molecule has 0 spiro atoms. The molecule has 0 aliphatic carbocycles. The molecule has 0 radical (unpaired) electrons. The third kappa shape index (κ3) is 7.94. The molecule has 0 aliphatic heterocycles. The number of unbranched alkanes of at least 4 members (excludes halogenated alkanes) is 3. The van der Waals surface area contributed by atoms with Gasteiger partial charge in [0, 0.05) is 0 Å². The van der Waals surface area contributed by atoms with E-state index >= 15 is 0 Å². The van der Waals surface area contributed by atoms with Gasteiger partial charge in [-0.3, -0.25) is 0 Å². The molecular formula is C20H42OPb. The van der Waals surface area contributed by atoms with Crippen LogP contribution in [0.2, 0.25) is 11.9 Å². The zero-order valence-electron chi connectivity index (χ0n) is 16.1. The van der Waals surface area contributed by atoms with Crippen molar-refractivity contribution in [2.24, 2.45) is 5.92 Å². The Morgan fingerprint density at radius 3 is 1.68 bits per heavy atom. The molecule has 0 amide bonds. The van der Waals surface area contributed by atoms with Gasteiger partial charge in [-0.05, 0) is 0 Å². The van der Waals surface area contributed by atoms with Crippen LogP contribution < -0.4 is 0 Å². The molecule has 2 heteroatoms. The molecule has 2 unspecified atom stereocenters. The summed E-state index contributed by atoms with van der Waals surface area (Å²) < 4.78 is 11.7. The summed E-state index contributed by atoms with van der Waals surface area (Å²) in [6.07, 6.45) is 11.5. The van der Waals surface area contributed by atoms with Gasteiger partial charge in [-0.15, -0.1) is 0 Å². The Kier molecular flexibility index (Phi) is 14.4. The molecule has 0 aromatic rings. The van der Waals surface area contributed by atoms with E-state index in [2.05, 4.69) is 41.2 Å². The average Bonchev–Trinajstić information content (AvgIpc) is 2.55. The van der Waals surface area contributed by atoms with E-state index in [1.165, 1.54) is 44.9 Å². The molecule has 22 heavy (non-hydrogen) atoms. The maximum absolute atomic E-state index is 6.48. The van der Waals surface area contributed by atoms with Crippen molar-refractivity contribution >= 4 is 21.2 Å². The van der Waals surface area contributed by atoms with Crippen molar-refractivity contribution in [2.75, 3.05) is 6.61 Å². The van der Waals surface area contributed by atoms with Crippen molar-refractivity contribution in [1.82, 2.24) is 0 Å². The molecule has 0 saturated heterocycles. The monoisotopic (exact) mass is 506 g/mol. The van der Waals surface area contributed by atoms with Gasteiger partial charge >= 0.3 is 146 Å². The molecule has 0 aromatic heterocycles. The van der Waals surface area contributed by atoms with Gasteiger partial charge in [-0.2, -0.15) is 0 Å². The molecule has 0 heterocycles. The molecule has 0 N–H and O–H groups in total. The Morgan fingerprint density at radius 2 is 1.36 bits per heavy atom. The first-order valence-corrected chi connectivity index (χ1v) is 20.3. The van der Waals surface area contributed by atoms with Crippen molar-refractivity contribution in [3.05, 3.63) is 12.7 Å². The molecule has 132 valence electrons. The summed E-state index contributed by atoms with van der Waals surface area (Å²) in [6.45, 7) is 16.5. The van der Waals surface area contributed by atoms with Gasteiger partial charge in [0.25, 0.3) is 0 Å². The van der Waals surface area contributed by atoms with Crippen LogP contribution in [0.3, 0.4) is 0 Å². The first-order valence-electron chi connectivity index (χ1n) is 9.84.